The van der Waals surface area contributed by atoms with Gasteiger partial charge in [0.25, 0.3) is 0 Å². The second kappa shape index (κ2) is 8.09. The zero-order valence-corrected chi connectivity index (χ0v) is 18.7. The number of hydrogen-bond acceptors (Lipinski definition) is 2. The van der Waals surface area contributed by atoms with Crippen molar-refractivity contribution in [1.29, 1.82) is 0 Å². The molecule has 4 rings (SSSR count). The van der Waals surface area contributed by atoms with Crippen LogP contribution in [0.3, 0.4) is 0 Å². The minimum absolute atomic E-state index is 0.0578. The van der Waals surface area contributed by atoms with E-state index in [1.165, 1.54) is 6.92 Å². The van der Waals surface area contributed by atoms with Gasteiger partial charge < -0.3 is 10.2 Å². The first-order valence-electron chi connectivity index (χ1n) is 10.1. The first-order valence-corrected chi connectivity index (χ1v) is 10.9. The van der Waals surface area contributed by atoms with Crippen molar-refractivity contribution in [3.8, 4) is 0 Å². The summed E-state index contributed by atoms with van der Waals surface area (Å²) >= 11 is 12.7. The second-order valence-electron chi connectivity index (χ2n) is 8.19. The molecular weight excluding hydrogens is 419 g/mol. The van der Waals surface area contributed by atoms with Crippen molar-refractivity contribution in [3.05, 3.63) is 69.7 Å². The molecule has 1 N–H and O–H groups in total. The molecule has 156 valence electrons. The lowest BCUT2D eigenvalue weighted by molar-refractivity contribution is -0.117. The normalized spacial score (nSPS) is 24.8. The molecule has 2 aromatic carbocycles. The number of amides is 2. The summed E-state index contributed by atoms with van der Waals surface area (Å²) in [7, 11) is 0. The van der Waals surface area contributed by atoms with Gasteiger partial charge in [0.1, 0.15) is 0 Å². The maximum atomic E-state index is 13.0. The third kappa shape index (κ3) is 3.63. The van der Waals surface area contributed by atoms with Crippen LogP contribution in [0.25, 0.3) is 0 Å². The number of fused-ring (bicyclic) bond motifs is 3. The van der Waals surface area contributed by atoms with Gasteiger partial charge >= 0.3 is 0 Å². The molecular formula is C24H24Cl2N2O2. The van der Waals surface area contributed by atoms with Crippen LogP contribution in [-0.2, 0) is 9.59 Å². The first-order chi connectivity index (χ1) is 14.3. The van der Waals surface area contributed by atoms with Gasteiger partial charge in [-0.3, -0.25) is 9.59 Å². The van der Waals surface area contributed by atoms with Gasteiger partial charge in [-0.2, -0.15) is 0 Å². The van der Waals surface area contributed by atoms with Crippen molar-refractivity contribution in [3.63, 3.8) is 0 Å². The van der Waals surface area contributed by atoms with Crippen molar-refractivity contribution in [2.45, 2.75) is 39.2 Å². The van der Waals surface area contributed by atoms with Gasteiger partial charge in [-0.15, -0.1) is 0 Å². The Morgan fingerprint density at radius 3 is 2.37 bits per heavy atom. The average Bonchev–Trinajstić information content (AvgIpc) is 2.68. The minimum Gasteiger partial charge on any atom is -0.326 e. The predicted molar refractivity (Wildman–Crippen MR) is 122 cm³/mol. The van der Waals surface area contributed by atoms with Crippen LogP contribution in [0.15, 0.2) is 48.6 Å². The number of rotatable bonds is 2. The smallest absolute Gasteiger partial charge is 0.224 e. The summed E-state index contributed by atoms with van der Waals surface area (Å²) < 4.78 is 0. The van der Waals surface area contributed by atoms with Crippen LogP contribution < -0.4 is 10.2 Å². The van der Waals surface area contributed by atoms with E-state index in [4.69, 9.17) is 23.2 Å². The number of hydrogen-bond donors (Lipinski definition) is 1. The summed E-state index contributed by atoms with van der Waals surface area (Å²) in [5, 5.41) is 4.15. The fourth-order valence-corrected chi connectivity index (χ4v) is 5.39. The molecule has 0 saturated carbocycles. The van der Waals surface area contributed by atoms with E-state index in [9.17, 15) is 9.59 Å². The van der Waals surface area contributed by atoms with E-state index < -0.39 is 0 Å². The summed E-state index contributed by atoms with van der Waals surface area (Å²) in [6, 6.07) is 10.9. The van der Waals surface area contributed by atoms with Gasteiger partial charge in [-0.1, -0.05) is 42.3 Å². The Morgan fingerprint density at radius 1 is 1.03 bits per heavy atom. The summed E-state index contributed by atoms with van der Waals surface area (Å²) in [5.74, 6) is 0.341. The maximum Gasteiger partial charge on any atom is 0.224 e. The summed E-state index contributed by atoms with van der Waals surface area (Å²) in [6.45, 7) is 5.27. The van der Waals surface area contributed by atoms with Gasteiger partial charge in [0.05, 0.1) is 6.04 Å². The van der Waals surface area contributed by atoms with Crippen LogP contribution in [0.5, 0.6) is 0 Å². The standard InChI is InChI=1S/C24H24Cl2N2O2/c1-13-5-4-6-18-19-11-17(26)8-10-22(19)28(15(3)30)24(23(13)18)20-12-16(25)7-9-21(20)27-14(2)29/h4,6-13,18,23-24H,5H2,1-3H3,(H,27,29)/t13-,18-,23+,24-/m0/s1. The molecule has 1 heterocycles. The molecule has 0 aromatic heterocycles. The summed E-state index contributed by atoms with van der Waals surface area (Å²) in [4.78, 5) is 26.7. The van der Waals surface area contributed by atoms with Gasteiger partial charge in [0, 0.05) is 46.7 Å². The third-order valence-corrected chi connectivity index (χ3v) is 6.63. The molecule has 1 aliphatic carbocycles. The van der Waals surface area contributed by atoms with Crippen molar-refractivity contribution >= 4 is 46.4 Å². The number of halogens is 2. The molecule has 4 nitrogen and oxygen atoms in total. The van der Waals surface area contributed by atoms with Gasteiger partial charge in [0.15, 0.2) is 0 Å². The molecule has 0 radical (unpaired) electrons. The van der Waals surface area contributed by atoms with E-state index in [1.54, 1.807) is 13.0 Å². The Hall–Kier alpha value is -2.30. The SMILES string of the molecule is CC(=O)Nc1ccc(Cl)cc1[C@H]1[C@@H]2[C@@H](C)CC=C[C@H]2c2cc(Cl)ccc2N1C(C)=O. The van der Waals surface area contributed by atoms with E-state index in [1.807, 2.05) is 35.2 Å². The number of nitrogens with zero attached hydrogens (tertiary/aromatic N) is 1. The molecule has 1 aliphatic heterocycles. The van der Waals surface area contributed by atoms with E-state index in [0.717, 1.165) is 23.2 Å². The Kier molecular flexibility index (Phi) is 5.65. The van der Waals surface area contributed by atoms with Crippen molar-refractivity contribution in [2.75, 3.05) is 10.2 Å². The predicted octanol–water partition coefficient (Wildman–Crippen LogP) is 6.36. The van der Waals surface area contributed by atoms with Gasteiger partial charge in [-0.25, -0.2) is 0 Å². The highest BCUT2D eigenvalue weighted by Crippen LogP contribution is 2.55. The lowest BCUT2D eigenvalue weighted by Gasteiger charge is -2.49. The number of benzene rings is 2. The van der Waals surface area contributed by atoms with Gasteiger partial charge in [-0.05, 0) is 60.2 Å². The molecule has 0 spiro atoms. The fraction of sp³-hybridized carbons (Fsp3) is 0.333. The molecule has 30 heavy (non-hydrogen) atoms. The Balaban J connectivity index is 1.99. The second-order valence-corrected chi connectivity index (χ2v) is 9.07. The highest BCUT2D eigenvalue weighted by Gasteiger charge is 2.46. The number of anilines is 2. The minimum atomic E-state index is -0.262. The zero-order chi connectivity index (χ0) is 21.6. The maximum absolute atomic E-state index is 13.0. The van der Waals surface area contributed by atoms with E-state index in [2.05, 4.69) is 24.4 Å². The quantitative estimate of drug-likeness (QED) is 0.550. The molecule has 0 unspecified atom stereocenters. The van der Waals surface area contributed by atoms with Crippen LogP contribution >= 0.6 is 23.2 Å². The lowest BCUT2D eigenvalue weighted by Crippen LogP contribution is -2.46. The van der Waals surface area contributed by atoms with Crippen LogP contribution in [0, 0.1) is 11.8 Å². The van der Waals surface area contributed by atoms with Crippen LogP contribution in [-0.4, -0.2) is 11.8 Å². The Bertz CT molecular complexity index is 1050. The number of carbonyl (C=O) groups excluding carboxylic acids is 2. The molecule has 0 saturated heterocycles. The fourth-order valence-electron chi connectivity index (χ4n) is 5.03. The van der Waals surface area contributed by atoms with E-state index >= 15 is 0 Å². The molecule has 2 aromatic rings. The summed E-state index contributed by atoms with van der Waals surface area (Å²) in [6.07, 6.45) is 5.37. The molecule has 4 atom stereocenters. The van der Waals surface area contributed by atoms with Crippen molar-refractivity contribution in [2.24, 2.45) is 11.8 Å². The van der Waals surface area contributed by atoms with Crippen molar-refractivity contribution in [1.82, 2.24) is 0 Å². The van der Waals surface area contributed by atoms with Crippen LogP contribution in [0.1, 0.15) is 50.3 Å². The molecule has 0 bridgehead atoms. The number of allylic oxidation sites excluding steroid dienone is 2. The van der Waals surface area contributed by atoms with E-state index in [0.29, 0.717) is 21.7 Å². The molecule has 2 aliphatic rings. The van der Waals surface area contributed by atoms with Crippen molar-refractivity contribution < 1.29 is 9.59 Å². The topological polar surface area (TPSA) is 49.4 Å². The lowest BCUT2D eigenvalue weighted by atomic mass is 9.65. The highest BCUT2D eigenvalue weighted by molar-refractivity contribution is 6.31. The largest absolute Gasteiger partial charge is 0.326 e. The zero-order valence-electron chi connectivity index (χ0n) is 17.2. The first kappa shape index (κ1) is 21.0. The average molecular weight is 443 g/mol. The van der Waals surface area contributed by atoms with E-state index in [-0.39, 0.29) is 29.7 Å². The number of nitrogens with one attached hydrogen (secondary N) is 1. The van der Waals surface area contributed by atoms with Crippen LogP contribution in [0.2, 0.25) is 10.0 Å². The van der Waals surface area contributed by atoms with Gasteiger partial charge in [0.2, 0.25) is 11.8 Å². The monoisotopic (exact) mass is 442 g/mol. The third-order valence-electron chi connectivity index (χ3n) is 6.16. The van der Waals surface area contributed by atoms with Crippen LogP contribution in [0.4, 0.5) is 11.4 Å². The Morgan fingerprint density at radius 2 is 1.70 bits per heavy atom. The molecule has 0 fully saturated rings. The highest BCUT2D eigenvalue weighted by atomic mass is 35.5. The Labute approximate surface area is 186 Å². The molecule has 2 amide bonds. The number of carbonyl (C=O) groups is 2. The summed E-state index contributed by atoms with van der Waals surface area (Å²) in [5.41, 5.74) is 3.45. The molecule has 6 heteroatoms.